The highest BCUT2D eigenvalue weighted by Crippen LogP contribution is 2.42. The van der Waals surface area contributed by atoms with Gasteiger partial charge in [0.15, 0.2) is 0 Å². The summed E-state index contributed by atoms with van der Waals surface area (Å²) in [5.74, 6) is 2.44. The predicted octanol–water partition coefficient (Wildman–Crippen LogP) is 8.38. The van der Waals surface area contributed by atoms with E-state index < -0.39 is 0 Å². The lowest BCUT2D eigenvalue weighted by atomic mass is 9.79. The molecule has 0 aliphatic carbocycles. The van der Waals surface area contributed by atoms with E-state index in [9.17, 15) is 10.2 Å². The molecule has 0 fully saturated rings. The Balaban J connectivity index is 0.000000351. The molecule has 0 unspecified atom stereocenters. The summed E-state index contributed by atoms with van der Waals surface area (Å²) in [6.07, 6.45) is 0. The van der Waals surface area contributed by atoms with Crippen molar-refractivity contribution in [3.05, 3.63) is 46.5 Å². The van der Waals surface area contributed by atoms with Gasteiger partial charge in [-0.25, -0.2) is 0 Å². The van der Waals surface area contributed by atoms with Crippen molar-refractivity contribution in [1.82, 2.24) is 0 Å². The molecule has 0 amide bonds. The Kier molecular flexibility index (Phi) is 9.39. The van der Waals surface area contributed by atoms with E-state index in [1.165, 1.54) is 0 Å². The summed E-state index contributed by atoms with van der Waals surface area (Å²) in [6.45, 7) is 27.8. The van der Waals surface area contributed by atoms with Gasteiger partial charge < -0.3 is 19.7 Å². The molecule has 2 aromatic carbocycles. The van der Waals surface area contributed by atoms with Crippen molar-refractivity contribution in [2.24, 2.45) is 0 Å². The first kappa shape index (κ1) is 30.7. The Morgan fingerprint density at radius 2 is 0.800 bits per heavy atom. The zero-order valence-corrected chi connectivity index (χ0v) is 24.7. The minimum atomic E-state index is -0.100. The number of benzene rings is 2. The van der Waals surface area contributed by atoms with Gasteiger partial charge in [0.2, 0.25) is 0 Å². The van der Waals surface area contributed by atoms with Crippen molar-refractivity contribution >= 4 is 0 Å². The van der Waals surface area contributed by atoms with Gasteiger partial charge in [0.05, 0.1) is 13.7 Å². The molecule has 35 heavy (non-hydrogen) atoms. The molecule has 4 heteroatoms. The van der Waals surface area contributed by atoms with Crippen LogP contribution in [0.1, 0.15) is 112 Å². The third kappa shape index (κ3) is 8.08. The minimum absolute atomic E-state index is 0.0986. The molecular formula is C31H50O4. The summed E-state index contributed by atoms with van der Waals surface area (Å²) in [7, 11) is 1.66. The van der Waals surface area contributed by atoms with Gasteiger partial charge in [-0.3, -0.25) is 0 Å². The second kappa shape index (κ2) is 10.7. The van der Waals surface area contributed by atoms with Gasteiger partial charge in [-0.15, -0.1) is 0 Å². The fourth-order valence-corrected chi connectivity index (χ4v) is 3.87. The van der Waals surface area contributed by atoms with Crippen LogP contribution in [-0.4, -0.2) is 23.9 Å². The predicted molar refractivity (Wildman–Crippen MR) is 149 cm³/mol. The highest BCUT2D eigenvalue weighted by Gasteiger charge is 2.28. The maximum Gasteiger partial charge on any atom is 0.123 e. The summed E-state index contributed by atoms with van der Waals surface area (Å²) in [5.41, 5.74) is 3.35. The lowest BCUT2D eigenvalue weighted by Gasteiger charge is -2.28. The van der Waals surface area contributed by atoms with Crippen molar-refractivity contribution in [3.63, 3.8) is 0 Å². The first-order chi connectivity index (χ1) is 15.6. The first-order valence-corrected chi connectivity index (χ1v) is 12.6. The molecule has 0 aliphatic rings. The molecule has 0 spiro atoms. The van der Waals surface area contributed by atoms with E-state index in [1.807, 2.05) is 31.2 Å². The first-order valence-electron chi connectivity index (χ1n) is 12.6. The van der Waals surface area contributed by atoms with E-state index in [0.717, 1.165) is 33.8 Å². The molecule has 2 N–H and O–H groups in total. The van der Waals surface area contributed by atoms with E-state index in [-0.39, 0.29) is 21.7 Å². The lowest BCUT2D eigenvalue weighted by molar-refractivity contribution is 0.335. The molecule has 0 aromatic heterocycles. The number of ether oxygens (including phenoxy) is 2. The molecule has 198 valence electrons. The van der Waals surface area contributed by atoms with Gasteiger partial charge in [0.1, 0.15) is 23.0 Å². The number of phenols is 2. The van der Waals surface area contributed by atoms with E-state index in [1.54, 1.807) is 7.11 Å². The molecule has 0 radical (unpaired) electrons. The fraction of sp³-hybridized carbons (Fsp3) is 0.613. The number of aromatic hydroxyl groups is 2. The standard InChI is InChI=1S/C16H26O2.C15H24O2/c1-8-18-11-9-12(15(2,3)4)14(17)13(10-11)16(5,6)7;1-14(2,3)11-8-10(17-7)9-12(13(11)16)15(4,5)6/h9-10,17H,8H2,1-7H3;8-9,16H,1-7H3. The van der Waals surface area contributed by atoms with Crippen LogP contribution in [0.2, 0.25) is 0 Å². The SMILES string of the molecule is CCOc1cc(C(C)(C)C)c(O)c(C(C)(C)C)c1.COc1cc(C(C)(C)C)c(O)c(C(C)(C)C)c1. The van der Waals surface area contributed by atoms with E-state index in [4.69, 9.17) is 9.47 Å². The Morgan fingerprint density at radius 1 is 0.543 bits per heavy atom. The van der Waals surface area contributed by atoms with Crippen LogP contribution >= 0.6 is 0 Å². The third-order valence-electron chi connectivity index (χ3n) is 5.95. The molecule has 2 aromatic rings. The molecule has 0 bridgehead atoms. The number of hydrogen-bond donors (Lipinski definition) is 2. The van der Waals surface area contributed by atoms with Gasteiger partial charge in [0, 0.05) is 22.3 Å². The molecular weight excluding hydrogens is 436 g/mol. The molecule has 0 saturated carbocycles. The Labute approximate surface area is 214 Å². The monoisotopic (exact) mass is 486 g/mol. The Bertz CT molecular complexity index is 921. The van der Waals surface area contributed by atoms with E-state index >= 15 is 0 Å². The molecule has 2 rings (SSSR count). The summed E-state index contributed by atoms with van der Waals surface area (Å²) in [4.78, 5) is 0. The van der Waals surface area contributed by atoms with Crippen LogP contribution in [0, 0.1) is 0 Å². The Hall–Kier alpha value is -2.36. The van der Waals surface area contributed by atoms with E-state index in [2.05, 4.69) is 83.1 Å². The molecule has 0 aliphatic heterocycles. The van der Waals surface area contributed by atoms with Crippen LogP contribution in [0.15, 0.2) is 24.3 Å². The molecule has 0 heterocycles. The van der Waals surface area contributed by atoms with Crippen molar-refractivity contribution < 1.29 is 19.7 Å². The summed E-state index contributed by atoms with van der Waals surface area (Å²) >= 11 is 0. The van der Waals surface area contributed by atoms with Gasteiger partial charge >= 0.3 is 0 Å². The third-order valence-corrected chi connectivity index (χ3v) is 5.95. The number of phenolic OH excluding ortho intramolecular Hbond substituents is 2. The number of methoxy groups -OCH3 is 1. The average molecular weight is 487 g/mol. The van der Waals surface area contributed by atoms with Crippen LogP contribution in [0.25, 0.3) is 0 Å². The van der Waals surface area contributed by atoms with Crippen LogP contribution in [0.5, 0.6) is 23.0 Å². The van der Waals surface area contributed by atoms with Crippen LogP contribution in [-0.2, 0) is 21.7 Å². The molecule has 4 nitrogen and oxygen atoms in total. The number of hydrogen-bond acceptors (Lipinski definition) is 4. The van der Waals surface area contributed by atoms with Crippen molar-refractivity contribution in [2.45, 2.75) is 112 Å². The maximum absolute atomic E-state index is 10.5. The quantitative estimate of drug-likeness (QED) is 0.457. The van der Waals surface area contributed by atoms with Crippen LogP contribution in [0.4, 0.5) is 0 Å². The Morgan fingerprint density at radius 3 is 1.00 bits per heavy atom. The van der Waals surface area contributed by atoms with Crippen molar-refractivity contribution in [3.8, 4) is 23.0 Å². The largest absolute Gasteiger partial charge is 0.507 e. The second-order valence-corrected chi connectivity index (χ2v) is 13.4. The molecule has 0 saturated heterocycles. The fourth-order valence-electron chi connectivity index (χ4n) is 3.87. The molecule has 0 atom stereocenters. The number of rotatable bonds is 3. The van der Waals surface area contributed by atoms with Gasteiger partial charge in [-0.05, 0) is 52.8 Å². The topological polar surface area (TPSA) is 58.9 Å². The highest BCUT2D eigenvalue weighted by atomic mass is 16.5. The second-order valence-electron chi connectivity index (χ2n) is 13.4. The average Bonchev–Trinajstić information content (AvgIpc) is 2.66. The smallest absolute Gasteiger partial charge is 0.123 e. The zero-order chi connectivity index (χ0) is 27.6. The van der Waals surface area contributed by atoms with Crippen LogP contribution < -0.4 is 9.47 Å². The van der Waals surface area contributed by atoms with Crippen molar-refractivity contribution in [2.75, 3.05) is 13.7 Å². The normalized spacial score (nSPS) is 12.6. The van der Waals surface area contributed by atoms with Gasteiger partial charge in [-0.1, -0.05) is 83.1 Å². The highest BCUT2D eigenvalue weighted by molar-refractivity contribution is 5.53. The van der Waals surface area contributed by atoms with Gasteiger partial charge in [-0.2, -0.15) is 0 Å². The van der Waals surface area contributed by atoms with Crippen molar-refractivity contribution in [1.29, 1.82) is 0 Å². The van der Waals surface area contributed by atoms with Crippen LogP contribution in [0.3, 0.4) is 0 Å². The lowest BCUT2D eigenvalue weighted by Crippen LogP contribution is -2.17. The van der Waals surface area contributed by atoms with E-state index in [0.29, 0.717) is 18.1 Å². The maximum atomic E-state index is 10.5. The van der Waals surface area contributed by atoms with Gasteiger partial charge in [0.25, 0.3) is 0 Å². The summed E-state index contributed by atoms with van der Waals surface area (Å²) in [6, 6.07) is 7.75. The summed E-state index contributed by atoms with van der Waals surface area (Å²) in [5, 5.41) is 20.9. The minimum Gasteiger partial charge on any atom is -0.507 e. The zero-order valence-electron chi connectivity index (χ0n) is 24.7. The summed E-state index contributed by atoms with van der Waals surface area (Å²) < 4.78 is 11.0.